The third-order valence-electron chi connectivity index (χ3n) is 6.42. The zero-order valence-corrected chi connectivity index (χ0v) is 19.5. The molecule has 0 unspecified atom stereocenters. The van der Waals surface area contributed by atoms with E-state index in [-0.39, 0.29) is 11.7 Å². The van der Waals surface area contributed by atoms with Crippen molar-refractivity contribution in [3.8, 4) is 17.1 Å². The van der Waals surface area contributed by atoms with Crippen LogP contribution in [-0.2, 0) is 5.60 Å². The summed E-state index contributed by atoms with van der Waals surface area (Å²) in [5.41, 5.74) is 1.56. The lowest BCUT2D eigenvalue weighted by molar-refractivity contribution is 0.0116. The third-order valence-corrected chi connectivity index (χ3v) is 6.42. The molecule has 0 spiro atoms. The number of benzene rings is 2. The molecule has 3 heterocycles. The maximum absolute atomic E-state index is 12.7. The Labute approximate surface area is 204 Å². The van der Waals surface area contributed by atoms with E-state index in [0.29, 0.717) is 37.4 Å². The van der Waals surface area contributed by atoms with Gasteiger partial charge in [0.1, 0.15) is 17.3 Å². The van der Waals surface area contributed by atoms with E-state index in [1.165, 1.54) is 0 Å². The standard InChI is InChI=1S/C28H27N3O4/c1-34-23-9-5-6-20(18-23)24-11-12-25(35-24)27(32)30-22-10-13-26(29-19-22)31-16-14-28(33,15-17-31)21-7-3-2-4-8-21/h2-13,18-19,33H,14-17H2,1H3,(H,30,32). The first-order valence-electron chi connectivity index (χ1n) is 11.6. The number of amides is 1. The summed E-state index contributed by atoms with van der Waals surface area (Å²) in [5.74, 6) is 1.98. The van der Waals surface area contributed by atoms with E-state index < -0.39 is 5.60 Å². The summed E-state index contributed by atoms with van der Waals surface area (Å²) < 4.78 is 11.0. The van der Waals surface area contributed by atoms with Crippen molar-refractivity contribution in [3.63, 3.8) is 0 Å². The number of piperidine rings is 1. The van der Waals surface area contributed by atoms with Gasteiger partial charge in [-0.25, -0.2) is 4.98 Å². The SMILES string of the molecule is COc1cccc(-c2ccc(C(=O)Nc3ccc(N4CCC(O)(c5ccccc5)CC4)nc3)o2)c1. The number of rotatable bonds is 6. The third kappa shape index (κ3) is 4.90. The van der Waals surface area contributed by atoms with E-state index >= 15 is 0 Å². The van der Waals surface area contributed by atoms with E-state index in [4.69, 9.17) is 9.15 Å². The van der Waals surface area contributed by atoms with Gasteiger partial charge in [0, 0.05) is 18.7 Å². The number of pyridine rings is 1. The van der Waals surface area contributed by atoms with Gasteiger partial charge in [-0.1, -0.05) is 42.5 Å². The van der Waals surface area contributed by atoms with Crippen LogP contribution in [0.1, 0.15) is 29.0 Å². The van der Waals surface area contributed by atoms with Gasteiger partial charge in [-0.2, -0.15) is 0 Å². The molecule has 1 aliphatic heterocycles. The van der Waals surface area contributed by atoms with E-state index in [9.17, 15) is 9.90 Å². The number of hydrogen-bond donors (Lipinski definition) is 2. The molecule has 0 radical (unpaired) electrons. The van der Waals surface area contributed by atoms with Crippen LogP contribution in [0.2, 0.25) is 0 Å². The summed E-state index contributed by atoms with van der Waals surface area (Å²) in [4.78, 5) is 19.4. The predicted molar refractivity (Wildman–Crippen MR) is 135 cm³/mol. The molecule has 0 atom stereocenters. The lowest BCUT2D eigenvalue weighted by atomic mass is 9.84. The first-order valence-corrected chi connectivity index (χ1v) is 11.6. The molecule has 1 aliphatic rings. The summed E-state index contributed by atoms with van der Waals surface area (Å²) in [6.07, 6.45) is 2.90. The normalized spacial score (nSPS) is 15.0. The number of furan rings is 1. The molecule has 5 rings (SSSR count). The number of ether oxygens (including phenoxy) is 1. The lowest BCUT2D eigenvalue weighted by Gasteiger charge is -2.39. The number of aromatic nitrogens is 1. The second-order valence-electron chi connectivity index (χ2n) is 8.64. The first-order chi connectivity index (χ1) is 17.0. The second-order valence-corrected chi connectivity index (χ2v) is 8.64. The Morgan fingerprint density at radius 2 is 1.83 bits per heavy atom. The number of hydrogen-bond acceptors (Lipinski definition) is 6. The van der Waals surface area contributed by atoms with Crippen LogP contribution in [0, 0.1) is 0 Å². The highest BCUT2D eigenvalue weighted by Gasteiger charge is 2.34. The van der Waals surface area contributed by atoms with Gasteiger partial charge in [0.05, 0.1) is 24.6 Å². The van der Waals surface area contributed by atoms with Crippen molar-refractivity contribution >= 4 is 17.4 Å². The van der Waals surface area contributed by atoms with Crippen molar-refractivity contribution in [2.45, 2.75) is 18.4 Å². The number of methoxy groups -OCH3 is 1. The van der Waals surface area contributed by atoms with E-state index in [1.54, 1.807) is 25.4 Å². The molecule has 2 aromatic heterocycles. The van der Waals surface area contributed by atoms with Crippen molar-refractivity contribution in [2.24, 2.45) is 0 Å². The Balaban J connectivity index is 1.20. The highest BCUT2D eigenvalue weighted by atomic mass is 16.5. The molecule has 35 heavy (non-hydrogen) atoms. The average Bonchev–Trinajstić information content (AvgIpc) is 3.41. The monoisotopic (exact) mass is 469 g/mol. The van der Waals surface area contributed by atoms with Crippen molar-refractivity contribution in [3.05, 3.63) is 96.4 Å². The van der Waals surface area contributed by atoms with Crippen molar-refractivity contribution in [1.29, 1.82) is 0 Å². The van der Waals surface area contributed by atoms with Crippen LogP contribution < -0.4 is 15.0 Å². The number of anilines is 2. The molecule has 0 aliphatic carbocycles. The summed E-state index contributed by atoms with van der Waals surface area (Å²) in [5, 5.41) is 13.9. The number of nitrogens with one attached hydrogen (secondary N) is 1. The Bertz CT molecular complexity index is 1290. The lowest BCUT2D eigenvalue weighted by Crippen LogP contribution is -2.42. The maximum Gasteiger partial charge on any atom is 0.291 e. The number of aliphatic hydroxyl groups is 1. The predicted octanol–water partition coefficient (Wildman–Crippen LogP) is 5.09. The molecule has 1 fully saturated rings. The minimum atomic E-state index is -0.807. The molecule has 4 aromatic rings. The molecule has 7 heteroatoms. The molecule has 1 amide bonds. The topological polar surface area (TPSA) is 87.8 Å². The van der Waals surface area contributed by atoms with Crippen molar-refractivity contribution in [2.75, 3.05) is 30.4 Å². The van der Waals surface area contributed by atoms with Crippen LogP contribution in [0.4, 0.5) is 11.5 Å². The van der Waals surface area contributed by atoms with Crippen molar-refractivity contribution < 1.29 is 19.1 Å². The Hall–Kier alpha value is -4.10. The Morgan fingerprint density at radius 1 is 1.03 bits per heavy atom. The molecule has 7 nitrogen and oxygen atoms in total. The smallest absolute Gasteiger partial charge is 0.291 e. The van der Waals surface area contributed by atoms with Crippen LogP contribution >= 0.6 is 0 Å². The van der Waals surface area contributed by atoms with Gasteiger partial charge in [-0.15, -0.1) is 0 Å². The van der Waals surface area contributed by atoms with Crippen LogP contribution in [0.3, 0.4) is 0 Å². The number of carbonyl (C=O) groups is 1. The van der Waals surface area contributed by atoms with Gasteiger partial charge >= 0.3 is 0 Å². The van der Waals surface area contributed by atoms with E-state index in [0.717, 1.165) is 22.7 Å². The van der Waals surface area contributed by atoms with Crippen LogP contribution in [-0.4, -0.2) is 36.2 Å². The Kier molecular flexibility index (Phi) is 6.25. The van der Waals surface area contributed by atoms with E-state index in [2.05, 4.69) is 15.2 Å². The van der Waals surface area contributed by atoms with E-state index in [1.807, 2.05) is 66.7 Å². The first kappa shape index (κ1) is 22.7. The van der Waals surface area contributed by atoms with Crippen molar-refractivity contribution in [1.82, 2.24) is 4.98 Å². The zero-order chi connectivity index (χ0) is 24.3. The molecule has 178 valence electrons. The highest BCUT2D eigenvalue weighted by molar-refractivity contribution is 6.02. The summed E-state index contributed by atoms with van der Waals surface area (Å²) in [6.45, 7) is 1.40. The van der Waals surface area contributed by atoms with Gasteiger partial charge in [0.25, 0.3) is 5.91 Å². The molecule has 0 bridgehead atoms. The molecular formula is C28H27N3O4. The largest absolute Gasteiger partial charge is 0.497 e. The second kappa shape index (κ2) is 9.64. The zero-order valence-electron chi connectivity index (χ0n) is 19.5. The van der Waals surface area contributed by atoms with Gasteiger partial charge < -0.3 is 24.5 Å². The minimum Gasteiger partial charge on any atom is -0.497 e. The fraction of sp³-hybridized carbons (Fsp3) is 0.214. The van der Waals surface area contributed by atoms with Crippen LogP contribution in [0.15, 0.2) is 89.5 Å². The maximum atomic E-state index is 12.7. The minimum absolute atomic E-state index is 0.211. The fourth-order valence-electron chi connectivity index (χ4n) is 4.37. The van der Waals surface area contributed by atoms with Crippen LogP contribution in [0.25, 0.3) is 11.3 Å². The van der Waals surface area contributed by atoms with Gasteiger partial charge in [-0.3, -0.25) is 4.79 Å². The summed E-state index contributed by atoms with van der Waals surface area (Å²) in [7, 11) is 1.61. The number of nitrogens with zero attached hydrogens (tertiary/aromatic N) is 2. The molecule has 1 saturated heterocycles. The molecule has 2 aromatic carbocycles. The van der Waals surface area contributed by atoms with Gasteiger partial charge in [0.2, 0.25) is 0 Å². The molecule has 0 saturated carbocycles. The molecule has 2 N–H and O–H groups in total. The quantitative estimate of drug-likeness (QED) is 0.409. The summed E-state index contributed by atoms with van der Waals surface area (Å²) >= 11 is 0. The molecular weight excluding hydrogens is 442 g/mol. The van der Waals surface area contributed by atoms with Crippen LogP contribution in [0.5, 0.6) is 5.75 Å². The summed E-state index contributed by atoms with van der Waals surface area (Å²) in [6, 6.07) is 24.4. The Morgan fingerprint density at radius 3 is 2.54 bits per heavy atom. The van der Waals surface area contributed by atoms with Gasteiger partial charge in [0.15, 0.2) is 5.76 Å². The van der Waals surface area contributed by atoms with Gasteiger partial charge in [-0.05, 0) is 54.8 Å². The highest BCUT2D eigenvalue weighted by Crippen LogP contribution is 2.34. The fourth-order valence-corrected chi connectivity index (χ4v) is 4.37. The average molecular weight is 470 g/mol. The number of carbonyl (C=O) groups excluding carboxylic acids is 1.